The molecule has 1 spiro atoms. The number of rotatable bonds is 5. The molecule has 28 heavy (non-hydrogen) atoms. The summed E-state index contributed by atoms with van der Waals surface area (Å²) in [7, 11) is 0. The van der Waals surface area contributed by atoms with Crippen LogP contribution in [0.1, 0.15) is 54.4 Å². The van der Waals surface area contributed by atoms with E-state index in [-0.39, 0.29) is 25.0 Å². The summed E-state index contributed by atoms with van der Waals surface area (Å²) in [6, 6.07) is -1.46. The van der Waals surface area contributed by atoms with Crippen LogP contribution in [0.5, 0.6) is 0 Å². The highest BCUT2D eigenvalue weighted by Gasteiger charge is 2.78. The topological polar surface area (TPSA) is 105 Å². The Hall–Kier alpha value is -1.67. The smallest absolute Gasteiger partial charge is 0.312 e. The molecular formula is C20H32N2O6. The molecule has 8 nitrogen and oxygen atoms in total. The predicted octanol–water partition coefficient (Wildman–Crippen LogP) is 0.610. The van der Waals surface area contributed by atoms with E-state index in [1.807, 2.05) is 27.7 Å². The van der Waals surface area contributed by atoms with E-state index in [4.69, 9.17) is 9.47 Å². The van der Waals surface area contributed by atoms with Crippen molar-refractivity contribution >= 4 is 17.8 Å². The van der Waals surface area contributed by atoms with Gasteiger partial charge in [-0.1, -0.05) is 0 Å². The molecule has 0 aromatic heterocycles. The van der Waals surface area contributed by atoms with Crippen LogP contribution in [0.25, 0.3) is 0 Å². The minimum atomic E-state index is -1.08. The van der Waals surface area contributed by atoms with Crippen molar-refractivity contribution in [3.05, 3.63) is 0 Å². The fourth-order valence-corrected chi connectivity index (χ4v) is 5.25. The Morgan fingerprint density at radius 2 is 2.04 bits per heavy atom. The molecule has 0 aromatic carbocycles. The Balaban J connectivity index is 2.08. The highest BCUT2D eigenvalue weighted by atomic mass is 16.6. The van der Waals surface area contributed by atoms with Crippen molar-refractivity contribution in [2.24, 2.45) is 11.8 Å². The molecule has 2 unspecified atom stereocenters. The Morgan fingerprint density at radius 3 is 2.57 bits per heavy atom. The quantitative estimate of drug-likeness (QED) is 0.660. The molecule has 2 N–H and O–H groups in total. The van der Waals surface area contributed by atoms with Gasteiger partial charge in [0.05, 0.1) is 30.8 Å². The number of aliphatic hydroxyl groups is 1. The SMILES string of the molecule is CCOC(=O)[C@H]1[C@H]2C(=O)N([C@H](C)CO)C(C(=O)NC(C)(C)C)C23CC[C@]1(C)O3. The second-order valence-electron chi connectivity index (χ2n) is 9.50. The molecule has 3 aliphatic heterocycles. The third-order valence-corrected chi connectivity index (χ3v) is 6.24. The van der Waals surface area contributed by atoms with Gasteiger partial charge in [0.2, 0.25) is 11.8 Å². The first-order valence-corrected chi connectivity index (χ1v) is 10.0. The molecule has 3 aliphatic rings. The third kappa shape index (κ3) is 2.92. The average molecular weight is 396 g/mol. The molecule has 3 fully saturated rings. The van der Waals surface area contributed by atoms with Crippen molar-refractivity contribution in [1.29, 1.82) is 0 Å². The largest absolute Gasteiger partial charge is 0.466 e. The van der Waals surface area contributed by atoms with Gasteiger partial charge >= 0.3 is 5.97 Å². The Kier molecular flexibility index (Phi) is 5.03. The van der Waals surface area contributed by atoms with Gasteiger partial charge in [-0.3, -0.25) is 14.4 Å². The van der Waals surface area contributed by atoms with Gasteiger partial charge < -0.3 is 24.8 Å². The van der Waals surface area contributed by atoms with Crippen molar-refractivity contribution < 1.29 is 29.0 Å². The van der Waals surface area contributed by atoms with E-state index in [9.17, 15) is 19.5 Å². The standard InChI is InChI=1S/C20H32N2O6/c1-7-27-17(26)13-12-16(25)22(11(2)10-23)14(15(24)21-18(3,4)5)20(12)9-8-19(13,6)28-20/h11-14,23H,7-10H2,1-6H3,(H,21,24)/t11-,12+,13-,14?,19+,20?/m1/s1. The van der Waals surface area contributed by atoms with Gasteiger partial charge in [-0.2, -0.15) is 0 Å². The number of nitrogens with zero attached hydrogens (tertiary/aromatic N) is 1. The van der Waals surface area contributed by atoms with Crippen molar-refractivity contribution in [3.63, 3.8) is 0 Å². The summed E-state index contributed by atoms with van der Waals surface area (Å²) in [5, 5.41) is 12.7. The molecule has 3 rings (SSSR count). The number of carbonyl (C=O) groups excluding carboxylic acids is 3. The zero-order valence-electron chi connectivity index (χ0n) is 17.6. The minimum absolute atomic E-state index is 0.212. The molecule has 3 saturated heterocycles. The van der Waals surface area contributed by atoms with E-state index in [0.29, 0.717) is 12.8 Å². The zero-order chi connectivity index (χ0) is 21.1. The summed E-state index contributed by atoms with van der Waals surface area (Å²) >= 11 is 0. The van der Waals surface area contributed by atoms with Crippen molar-refractivity contribution in [3.8, 4) is 0 Å². The number of likely N-dealkylation sites (tertiary alicyclic amines) is 1. The van der Waals surface area contributed by atoms with Crippen LogP contribution in [0.4, 0.5) is 0 Å². The fourth-order valence-electron chi connectivity index (χ4n) is 5.25. The van der Waals surface area contributed by atoms with Crippen LogP contribution >= 0.6 is 0 Å². The number of esters is 1. The molecule has 0 saturated carbocycles. The molecule has 2 bridgehead atoms. The van der Waals surface area contributed by atoms with Crippen LogP contribution in [0, 0.1) is 11.8 Å². The van der Waals surface area contributed by atoms with E-state index in [2.05, 4.69) is 5.32 Å². The lowest BCUT2D eigenvalue weighted by Gasteiger charge is -2.37. The highest BCUT2D eigenvalue weighted by Crippen LogP contribution is 2.63. The van der Waals surface area contributed by atoms with Gasteiger partial charge in [-0.25, -0.2) is 0 Å². The number of carbonyl (C=O) groups is 3. The van der Waals surface area contributed by atoms with Crippen LogP contribution in [0.3, 0.4) is 0 Å². The summed E-state index contributed by atoms with van der Waals surface area (Å²) in [5.74, 6) is -2.64. The lowest BCUT2D eigenvalue weighted by atomic mass is 9.66. The van der Waals surface area contributed by atoms with Gasteiger partial charge in [-0.05, 0) is 54.4 Å². The Labute approximate surface area is 165 Å². The summed E-state index contributed by atoms with van der Waals surface area (Å²) in [6.45, 7) is 10.8. The Bertz CT molecular complexity index is 689. The molecule has 158 valence electrons. The molecule has 6 atom stereocenters. The maximum absolute atomic E-state index is 13.5. The fraction of sp³-hybridized carbons (Fsp3) is 0.850. The number of fused-ring (bicyclic) bond motifs is 1. The number of hydrogen-bond acceptors (Lipinski definition) is 6. The number of nitrogens with one attached hydrogen (secondary N) is 1. The van der Waals surface area contributed by atoms with Crippen molar-refractivity contribution in [1.82, 2.24) is 10.2 Å². The number of ether oxygens (including phenoxy) is 2. The zero-order valence-corrected chi connectivity index (χ0v) is 17.6. The van der Waals surface area contributed by atoms with E-state index >= 15 is 0 Å². The predicted molar refractivity (Wildman–Crippen MR) is 100 cm³/mol. The van der Waals surface area contributed by atoms with Gasteiger partial charge in [0.25, 0.3) is 0 Å². The maximum atomic E-state index is 13.5. The van der Waals surface area contributed by atoms with E-state index in [1.54, 1.807) is 13.8 Å². The summed E-state index contributed by atoms with van der Waals surface area (Å²) in [4.78, 5) is 40.9. The van der Waals surface area contributed by atoms with Crippen molar-refractivity contribution in [2.45, 2.75) is 83.2 Å². The molecule has 3 heterocycles. The van der Waals surface area contributed by atoms with E-state index < -0.39 is 46.6 Å². The van der Waals surface area contributed by atoms with Crippen LogP contribution in [0.2, 0.25) is 0 Å². The second kappa shape index (κ2) is 6.69. The van der Waals surface area contributed by atoms with Crippen LogP contribution < -0.4 is 5.32 Å². The minimum Gasteiger partial charge on any atom is -0.466 e. The molecule has 2 amide bonds. The first-order valence-electron chi connectivity index (χ1n) is 10.0. The van der Waals surface area contributed by atoms with Gasteiger partial charge in [-0.15, -0.1) is 0 Å². The average Bonchev–Trinajstić information content (AvgIpc) is 3.13. The monoisotopic (exact) mass is 396 g/mol. The first kappa shape index (κ1) is 21.0. The van der Waals surface area contributed by atoms with Gasteiger partial charge in [0.15, 0.2) is 0 Å². The molecule has 0 radical (unpaired) electrons. The third-order valence-electron chi connectivity index (χ3n) is 6.24. The lowest BCUT2D eigenvalue weighted by Crippen LogP contribution is -2.60. The van der Waals surface area contributed by atoms with Crippen LogP contribution in [0.15, 0.2) is 0 Å². The Morgan fingerprint density at radius 1 is 1.39 bits per heavy atom. The van der Waals surface area contributed by atoms with E-state index in [0.717, 1.165) is 0 Å². The van der Waals surface area contributed by atoms with Gasteiger partial charge in [0, 0.05) is 5.54 Å². The molecular weight excluding hydrogens is 364 g/mol. The first-order chi connectivity index (χ1) is 12.9. The maximum Gasteiger partial charge on any atom is 0.312 e. The molecule has 0 aliphatic carbocycles. The lowest BCUT2D eigenvalue weighted by molar-refractivity contribution is -0.160. The second-order valence-corrected chi connectivity index (χ2v) is 9.50. The van der Waals surface area contributed by atoms with E-state index in [1.165, 1.54) is 4.90 Å². The van der Waals surface area contributed by atoms with Gasteiger partial charge in [0.1, 0.15) is 17.6 Å². The molecule has 0 aromatic rings. The molecule has 8 heteroatoms. The van der Waals surface area contributed by atoms with Crippen LogP contribution in [-0.4, -0.2) is 69.8 Å². The summed E-state index contributed by atoms with van der Waals surface area (Å²) in [6.07, 6.45) is 1.08. The summed E-state index contributed by atoms with van der Waals surface area (Å²) in [5.41, 5.74) is -2.41. The highest BCUT2D eigenvalue weighted by molar-refractivity contribution is 5.98. The number of hydrogen-bond donors (Lipinski definition) is 2. The van der Waals surface area contributed by atoms with Crippen LogP contribution in [-0.2, 0) is 23.9 Å². The van der Waals surface area contributed by atoms with Crippen molar-refractivity contribution in [2.75, 3.05) is 13.2 Å². The number of aliphatic hydroxyl groups excluding tert-OH is 1. The normalized spacial score (nSPS) is 37.8. The summed E-state index contributed by atoms with van der Waals surface area (Å²) < 4.78 is 11.6. The number of amides is 2.